The Morgan fingerprint density at radius 3 is 2.38 bits per heavy atom. The quantitative estimate of drug-likeness (QED) is 0.332. The summed E-state index contributed by atoms with van der Waals surface area (Å²) in [6.07, 6.45) is -1.52. The Morgan fingerprint density at radius 2 is 2.08 bits per heavy atom. The maximum Gasteiger partial charge on any atom is 0.248 e. The second-order valence-corrected chi connectivity index (χ2v) is 2.28. The number of aliphatic hydroxyl groups excluding tert-OH is 1. The molecule has 0 aromatic rings. The Kier molecular flexibility index (Phi) is 4.63. The first-order valence-corrected chi connectivity index (χ1v) is 3.45. The summed E-state index contributed by atoms with van der Waals surface area (Å²) in [5.41, 5.74) is 9.62. The minimum absolute atomic E-state index is 0.211. The van der Waals surface area contributed by atoms with E-state index in [2.05, 4.69) is 0 Å². The summed E-state index contributed by atoms with van der Waals surface area (Å²) in [6, 6.07) is -1.34. The number of nitrogens with two attached hydrogens (primary N) is 2. The van der Waals surface area contributed by atoms with Crippen LogP contribution < -0.4 is 16.8 Å². The van der Waals surface area contributed by atoms with Crippen LogP contribution in [0, 0.1) is 0 Å². The topological polar surface area (TPSA) is 136 Å². The summed E-state index contributed by atoms with van der Waals surface area (Å²) in [6.45, 7) is -0.337. The van der Waals surface area contributed by atoms with Crippen LogP contribution in [0.4, 0.5) is 0 Å². The van der Waals surface area contributed by atoms with Crippen LogP contribution in [0.2, 0.25) is 0 Å². The second kappa shape index (κ2) is 5.22. The van der Waals surface area contributed by atoms with E-state index in [1.165, 1.54) is 0 Å². The van der Waals surface area contributed by atoms with Gasteiger partial charge in [0.15, 0.2) is 6.10 Å². The van der Waals surface area contributed by atoms with E-state index in [4.69, 9.17) is 16.6 Å². The molecule has 0 aliphatic heterocycles. The number of aldehydes is 1. The monoisotopic (exact) mass is 189 g/mol. The first kappa shape index (κ1) is 11.5. The third kappa shape index (κ3) is 3.63. The van der Waals surface area contributed by atoms with Gasteiger partial charge in [0, 0.05) is 0 Å². The fraction of sp³-hybridized carbons (Fsp3) is 0.500. The number of aliphatic hydroxyl groups is 1. The largest absolute Gasteiger partial charge is 0.381 e. The molecule has 0 spiro atoms. The lowest BCUT2D eigenvalue weighted by molar-refractivity contribution is -0.132. The minimum Gasteiger partial charge on any atom is -0.381 e. The van der Waals surface area contributed by atoms with Gasteiger partial charge in [0.05, 0.1) is 6.54 Å². The molecule has 0 unspecified atom stereocenters. The lowest BCUT2D eigenvalue weighted by atomic mass is 10.1. The molecule has 74 valence electrons. The maximum atomic E-state index is 10.6. The van der Waals surface area contributed by atoms with Crippen molar-refractivity contribution in [3.8, 4) is 0 Å². The van der Waals surface area contributed by atoms with Gasteiger partial charge in [0.25, 0.3) is 0 Å². The van der Waals surface area contributed by atoms with Gasteiger partial charge >= 0.3 is 0 Å². The summed E-state index contributed by atoms with van der Waals surface area (Å²) in [7, 11) is 0. The van der Waals surface area contributed by atoms with Crippen LogP contribution in [0.5, 0.6) is 0 Å². The summed E-state index contributed by atoms with van der Waals surface area (Å²) >= 11 is 0. The molecule has 7 heteroatoms. The predicted octanol–water partition coefficient (Wildman–Crippen LogP) is -3.52. The molecule has 0 saturated carbocycles. The van der Waals surface area contributed by atoms with Gasteiger partial charge in [-0.2, -0.15) is 0 Å². The van der Waals surface area contributed by atoms with Gasteiger partial charge in [-0.15, -0.1) is 0 Å². The van der Waals surface area contributed by atoms with Crippen molar-refractivity contribution in [3.05, 3.63) is 0 Å². The summed E-state index contributed by atoms with van der Waals surface area (Å²) in [5.74, 6) is -1.74. The van der Waals surface area contributed by atoms with Crippen molar-refractivity contribution in [2.75, 3.05) is 6.54 Å². The average molecular weight is 189 g/mol. The minimum atomic E-state index is -1.73. The number of primary amides is 1. The van der Waals surface area contributed by atoms with Crippen LogP contribution in [-0.2, 0) is 14.4 Å². The Labute approximate surface area is 74.1 Å². The molecule has 2 amide bonds. The van der Waals surface area contributed by atoms with E-state index in [1.807, 2.05) is 5.32 Å². The molecular formula is C6H11N3O4. The first-order chi connectivity index (χ1) is 6.02. The third-order valence-electron chi connectivity index (χ3n) is 1.29. The summed E-state index contributed by atoms with van der Waals surface area (Å²) < 4.78 is 0. The number of amides is 2. The number of nitrogens with one attached hydrogen (secondary N) is 1. The predicted molar refractivity (Wildman–Crippen MR) is 42.3 cm³/mol. The normalized spacial score (nSPS) is 14.3. The molecular weight excluding hydrogens is 178 g/mol. The van der Waals surface area contributed by atoms with Gasteiger partial charge in [-0.25, -0.2) is 0 Å². The average Bonchev–Trinajstić information content (AvgIpc) is 2.12. The highest BCUT2D eigenvalue weighted by Gasteiger charge is 2.24. The number of hydrogen-bond donors (Lipinski definition) is 4. The highest BCUT2D eigenvalue weighted by molar-refractivity contribution is 5.87. The fourth-order valence-electron chi connectivity index (χ4n) is 0.609. The Bertz CT molecular complexity index is 218. The molecule has 6 N–H and O–H groups in total. The molecule has 0 aromatic carbocycles. The second-order valence-electron chi connectivity index (χ2n) is 2.28. The van der Waals surface area contributed by atoms with Crippen LogP contribution in [-0.4, -0.2) is 41.9 Å². The van der Waals surface area contributed by atoms with Crippen molar-refractivity contribution < 1.29 is 19.5 Å². The first-order valence-electron chi connectivity index (χ1n) is 3.45. The molecule has 0 aromatic heterocycles. The van der Waals surface area contributed by atoms with E-state index in [0.717, 1.165) is 0 Å². The number of rotatable bonds is 5. The molecule has 0 aliphatic rings. The molecule has 0 heterocycles. The molecule has 0 fully saturated rings. The SMILES string of the molecule is NCC(=O)N[C@H](C=O)[C@@H](O)C(N)=O. The zero-order chi connectivity index (χ0) is 10.4. The lowest BCUT2D eigenvalue weighted by Gasteiger charge is -2.15. The van der Waals surface area contributed by atoms with Gasteiger partial charge < -0.3 is 26.7 Å². The van der Waals surface area contributed by atoms with E-state index in [0.29, 0.717) is 0 Å². The number of hydrogen-bond acceptors (Lipinski definition) is 5. The zero-order valence-electron chi connectivity index (χ0n) is 6.77. The maximum absolute atomic E-state index is 10.6. The molecule has 0 bridgehead atoms. The van der Waals surface area contributed by atoms with Crippen molar-refractivity contribution >= 4 is 18.1 Å². The van der Waals surface area contributed by atoms with Gasteiger partial charge in [0.2, 0.25) is 11.8 Å². The van der Waals surface area contributed by atoms with Crippen LogP contribution in [0.3, 0.4) is 0 Å². The van der Waals surface area contributed by atoms with Crippen molar-refractivity contribution in [3.63, 3.8) is 0 Å². The van der Waals surface area contributed by atoms with Crippen molar-refractivity contribution in [2.24, 2.45) is 11.5 Å². The van der Waals surface area contributed by atoms with Crippen LogP contribution in [0.25, 0.3) is 0 Å². The number of carbonyl (C=O) groups is 3. The van der Waals surface area contributed by atoms with E-state index < -0.39 is 24.0 Å². The Morgan fingerprint density at radius 1 is 1.54 bits per heavy atom. The standard InChI is InChI=1S/C6H11N3O4/c7-1-4(11)9-3(2-10)5(12)6(8)13/h2-3,5,12H,1,7H2,(H2,8,13)(H,9,11)/t3-,5-/m1/s1. The van der Waals surface area contributed by atoms with Crippen molar-refractivity contribution in [2.45, 2.75) is 12.1 Å². The highest BCUT2D eigenvalue weighted by atomic mass is 16.3. The molecule has 7 nitrogen and oxygen atoms in total. The number of carbonyl (C=O) groups excluding carboxylic acids is 3. The van der Waals surface area contributed by atoms with Crippen LogP contribution in [0.15, 0.2) is 0 Å². The molecule has 13 heavy (non-hydrogen) atoms. The van der Waals surface area contributed by atoms with Crippen LogP contribution >= 0.6 is 0 Å². The van der Waals surface area contributed by atoms with Crippen molar-refractivity contribution in [1.82, 2.24) is 5.32 Å². The van der Waals surface area contributed by atoms with Crippen molar-refractivity contribution in [1.29, 1.82) is 0 Å². The van der Waals surface area contributed by atoms with Gasteiger partial charge in [-0.3, -0.25) is 9.59 Å². The van der Waals surface area contributed by atoms with E-state index in [1.54, 1.807) is 0 Å². The molecule has 0 aliphatic carbocycles. The van der Waals surface area contributed by atoms with Crippen LogP contribution in [0.1, 0.15) is 0 Å². The Hall–Kier alpha value is -1.47. The third-order valence-corrected chi connectivity index (χ3v) is 1.29. The van der Waals surface area contributed by atoms with E-state index in [-0.39, 0.29) is 12.8 Å². The van der Waals surface area contributed by atoms with E-state index in [9.17, 15) is 14.4 Å². The molecule has 2 atom stereocenters. The molecule has 0 saturated heterocycles. The smallest absolute Gasteiger partial charge is 0.248 e. The fourth-order valence-corrected chi connectivity index (χ4v) is 0.609. The van der Waals surface area contributed by atoms with E-state index >= 15 is 0 Å². The Balaban J connectivity index is 4.25. The highest BCUT2D eigenvalue weighted by Crippen LogP contribution is 1.88. The molecule has 0 radical (unpaired) electrons. The molecule has 0 rings (SSSR count). The lowest BCUT2D eigenvalue weighted by Crippen LogP contribution is -2.51. The summed E-state index contributed by atoms with van der Waals surface area (Å²) in [5, 5.41) is 11.0. The van der Waals surface area contributed by atoms with Gasteiger partial charge in [0.1, 0.15) is 12.3 Å². The van der Waals surface area contributed by atoms with Gasteiger partial charge in [-0.1, -0.05) is 0 Å². The van der Waals surface area contributed by atoms with Gasteiger partial charge in [-0.05, 0) is 0 Å². The zero-order valence-corrected chi connectivity index (χ0v) is 6.77. The summed E-state index contributed by atoms with van der Waals surface area (Å²) in [4.78, 5) is 31.3.